The van der Waals surface area contributed by atoms with Gasteiger partial charge in [0.25, 0.3) is 11.5 Å². The molecule has 90 heavy (non-hydrogen) atoms. The standard InChI is InChI=1S/C64H73FN13O11P/c1-37(2)58(80)74-63-73-57-52(60(82)75-63)71-36-77(57)61-50(65)53(78(30-16-29-66)90(83,38(3)4)39(5)6)47(88-61)32-67-49(79)31-46-48(89-62(54(46)86-9)76-35-70-51-55(68-34-69-56(51)76)72-59(81)40-17-12-10-13-18-40)33-87-64(41-19-14-11-15-20-41,42-21-25-44(84-7)26-22-42)43-23-27-45(85-8)28-24-43/h10-15,17-28,34-39,46-48,50,53-54,61-62H,16,30-33H2,1-9H3,(H,67,79)(H,68,69,72,81)(H2,73,74,75,80,82)/t46-,47-,48-,50-,53-,54-,61-,62-/m1/s1. The number of imidazole rings is 2. The smallest absolute Gasteiger partial charge is 0.280 e. The topological polar surface area (TPSA) is 294 Å². The van der Waals surface area contributed by atoms with Crippen LogP contribution in [0.15, 0.2) is 133 Å². The molecule has 10 rings (SSSR count). The summed E-state index contributed by atoms with van der Waals surface area (Å²) in [5, 5.41) is 18.4. The number of rotatable bonds is 25. The number of anilines is 2. The SMILES string of the molecule is COc1ccc(C(OC[C@H]2O[C@@H](n3cnc4c(NC(=O)c5ccccc5)ncnc43)[C@H](OC)[C@@H]2CC(=O)NC[C@H]2O[C@@H](n3cnc4c(=O)[nH]c(NC(=O)C(C)C)nc43)[C@H](F)[C@@H]2N(CCC#N)P(=O)(C(C)C)C(C)C)(c2ccccc2)c2ccc(OC)cc2)cc1. The van der Waals surface area contributed by atoms with Gasteiger partial charge in [0.1, 0.15) is 29.5 Å². The van der Waals surface area contributed by atoms with Gasteiger partial charge < -0.3 is 43.6 Å². The lowest BCUT2D eigenvalue weighted by Gasteiger charge is -2.42. The van der Waals surface area contributed by atoms with Crippen molar-refractivity contribution < 1.29 is 51.8 Å². The molecule has 8 atom stereocenters. The van der Waals surface area contributed by atoms with E-state index in [-0.39, 0.29) is 66.6 Å². The number of nitriles is 1. The fraction of sp³-hybridized carbons (Fsp3) is 0.406. The first-order valence-corrected chi connectivity index (χ1v) is 31.4. The van der Waals surface area contributed by atoms with Crippen LogP contribution in [0.4, 0.5) is 16.2 Å². The molecule has 2 aliphatic heterocycles. The van der Waals surface area contributed by atoms with Crippen LogP contribution in [0.1, 0.15) is 93.9 Å². The van der Waals surface area contributed by atoms with Gasteiger partial charge in [0.05, 0.1) is 57.8 Å². The molecule has 0 saturated carbocycles. The van der Waals surface area contributed by atoms with Crippen molar-refractivity contribution in [3.05, 3.63) is 161 Å². The van der Waals surface area contributed by atoms with Crippen LogP contribution in [0.5, 0.6) is 11.5 Å². The molecule has 4 aromatic heterocycles. The van der Waals surface area contributed by atoms with E-state index >= 15 is 13.8 Å². The molecule has 0 spiro atoms. The van der Waals surface area contributed by atoms with Gasteiger partial charge in [-0.25, -0.2) is 29.0 Å². The van der Waals surface area contributed by atoms with Crippen LogP contribution in [0.3, 0.4) is 0 Å². The summed E-state index contributed by atoms with van der Waals surface area (Å²) >= 11 is 0. The van der Waals surface area contributed by atoms with Gasteiger partial charge in [-0.15, -0.1) is 0 Å². The maximum Gasteiger partial charge on any atom is 0.280 e. The number of methoxy groups -OCH3 is 3. The number of carbonyl (C=O) groups is 3. The number of amides is 3. The Morgan fingerprint density at radius 1 is 0.767 bits per heavy atom. The fourth-order valence-corrected chi connectivity index (χ4v) is 15.6. The van der Waals surface area contributed by atoms with E-state index in [2.05, 4.69) is 51.9 Å². The van der Waals surface area contributed by atoms with Crippen LogP contribution in [0.2, 0.25) is 0 Å². The molecule has 4 N–H and O–H groups in total. The average molecular weight is 1250 g/mol. The molecule has 2 saturated heterocycles. The molecule has 0 bridgehead atoms. The highest BCUT2D eigenvalue weighted by Crippen LogP contribution is 2.61. The molecule has 0 radical (unpaired) electrons. The Morgan fingerprint density at radius 3 is 1.94 bits per heavy atom. The first-order chi connectivity index (χ1) is 43.4. The van der Waals surface area contributed by atoms with E-state index in [1.807, 2.05) is 78.9 Å². The van der Waals surface area contributed by atoms with Crippen molar-refractivity contribution in [2.24, 2.45) is 11.8 Å². The highest BCUT2D eigenvalue weighted by molar-refractivity contribution is 7.62. The van der Waals surface area contributed by atoms with Crippen molar-refractivity contribution in [2.75, 3.05) is 51.7 Å². The largest absolute Gasteiger partial charge is 0.497 e. The van der Waals surface area contributed by atoms with Crippen molar-refractivity contribution in [1.82, 2.24) is 49.0 Å². The number of halogens is 1. The number of hydrogen-bond donors (Lipinski definition) is 4. The quantitative estimate of drug-likeness (QED) is 0.0307. The Hall–Kier alpha value is -8.76. The number of H-pyrrole nitrogens is 1. The summed E-state index contributed by atoms with van der Waals surface area (Å²) in [7, 11) is 1.10. The third-order valence-corrected chi connectivity index (χ3v) is 20.9. The molecular formula is C64H73FN13O11P. The van der Waals surface area contributed by atoms with Crippen LogP contribution < -0.4 is 31.0 Å². The van der Waals surface area contributed by atoms with Crippen LogP contribution in [-0.4, -0.2) is 144 Å². The minimum atomic E-state index is -3.57. The molecule has 4 aromatic carbocycles. The van der Waals surface area contributed by atoms with Gasteiger partial charge >= 0.3 is 0 Å². The highest BCUT2D eigenvalue weighted by Gasteiger charge is 2.55. The van der Waals surface area contributed by atoms with Gasteiger partial charge in [-0.2, -0.15) is 10.2 Å². The van der Waals surface area contributed by atoms with Gasteiger partial charge in [-0.05, 0) is 53.1 Å². The number of aromatic amines is 1. The van der Waals surface area contributed by atoms with Crippen molar-refractivity contribution in [3.63, 3.8) is 0 Å². The Balaban J connectivity index is 1.02. The van der Waals surface area contributed by atoms with Crippen molar-refractivity contribution in [1.29, 1.82) is 5.26 Å². The van der Waals surface area contributed by atoms with Crippen molar-refractivity contribution >= 4 is 59.1 Å². The fourth-order valence-electron chi connectivity index (χ4n) is 12.1. The Kier molecular flexibility index (Phi) is 19.7. The minimum absolute atomic E-state index is 0.103. The summed E-state index contributed by atoms with van der Waals surface area (Å²) in [6.45, 7) is 9.87. The van der Waals surface area contributed by atoms with Crippen LogP contribution >= 0.6 is 7.29 Å². The molecule has 26 heteroatoms. The maximum absolute atomic E-state index is 18.1. The normalized spacial score (nSPS) is 20.3. The Labute approximate surface area is 519 Å². The number of alkyl halides is 1. The number of benzene rings is 4. The zero-order chi connectivity index (χ0) is 64.0. The van der Waals surface area contributed by atoms with Gasteiger partial charge in [-0.1, -0.05) is 114 Å². The van der Waals surface area contributed by atoms with Gasteiger partial charge in [-0.3, -0.25) is 38.6 Å². The lowest BCUT2D eigenvalue weighted by molar-refractivity contribution is -0.125. The predicted molar refractivity (Wildman–Crippen MR) is 333 cm³/mol. The van der Waals surface area contributed by atoms with E-state index in [0.29, 0.717) is 17.1 Å². The van der Waals surface area contributed by atoms with E-state index in [1.54, 1.807) is 95.3 Å². The second kappa shape index (κ2) is 27.5. The molecule has 472 valence electrons. The molecule has 3 amide bonds. The number of hydrogen-bond acceptors (Lipinski definition) is 17. The van der Waals surface area contributed by atoms with Crippen LogP contribution in [-0.2, 0) is 38.7 Å². The third-order valence-electron chi connectivity index (χ3n) is 16.7. The van der Waals surface area contributed by atoms with E-state index in [4.69, 9.17) is 28.4 Å². The molecule has 2 fully saturated rings. The summed E-state index contributed by atoms with van der Waals surface area (Å²) in [4.78, 5) is 79.7. The first-order valence-electron chi connectivity index (χ1n) is 29.6. The summed E-state index contributed by atoms with van der Waals surface area (Å²) < 4.78 is 76.9. The van der Waals surface area contributed by atoms with Crippen LogP contribution in [0.25, 0.3) is 22.3 Å². The van der Waals surface area contributed by atoms with Crippen molar-refractivity contribution in [3.8, 4) is 17.6 Å². The second-order valence-electron chi connectivity index (χ2n) is 22.9. The molecule has 6 heterocycles. The van der Waals surface area contributed by atoms with Gasteiger partial charge in [0.15, 0.2) is 54.1 Å². The summed E-state index contributed by atoms with van der Waals surface area (Å²) in [5.74, 6) is -1.50. The number of ether oxygens (including phenoxy) is 6. The van der Waals surface area contributed by atoms with Crippen LogP contribution in [0, 0.1) is 23.2 Å². The van der Waals surface area contributed by atoms with E-state index < -0.39 is 102 Å². The lowest BCUT2D eigenvalue weighted by atomic mass is 9.79. The zero-order valence-electron chi connectivity index (χ0n) is 51.4. The molecule has 0 unspecified atom stereocenters. The summed E-state index contributed by atoms with van der Waals surface area (Å²) in [6.07, 6.45) is -4.10. The van der Waals surface area contributed by atoms with E-state index in [0.717, 1.165) is 16.7 Å². The average Bonchev–Trinajstić information content (AvgIpc) is 1.35. The monoisotopic (exact) mass is 1250 g/mol. The summed E-state index contributed by atoms with van der Waals surface area (Å²) in [6, 6.07) is 34.2. The highest BCUT2D eigenvalue weighted by atomic mass is 31.2. The third kappa shape index (κ3) is 12.6. The number of nitrogens with zero attached hydrogens (tertiary/aromatic N) is 9. The molecule has 24 nitrogen and oxygen atoms in total. The number of carbonyl (C=O) groups excluding carboxylic acids is 3. The van der Waals surface area contributed by atoms with Crippen molar-refractivity contribution in [2.45, 2.75) is 114 Å². The van der Waals surface area contributed by atoms with E-state index in [1.165, 1.54) is 30.7 Å². The number of fused-ring (bicyclic) bond motifs is 2. The lowest BCUT2D eigenvalue weighted by Crippen LogP contribution is -2.50. The zero-order valence-corrected chi connectivity index (χ0v) is 52.2. The minimum Gasteiger partial charge on any atom is -0.497 e. The first kappa shape index (κ1) is 64.2. The molecule has 0 aliphatic carbocycles. The van der Waals surface area contributed by atoms with Gasteiger partial charge in [0, 0.05) is 61.8 Å². The van der Waals surface area contributed by atoms with Gasteiger partial charge in [0.2, 0.25) is 17.8 Å². The molecular weight excluding hydrogens is 1180 g/mol. The predicted octanol–water partition coefficient (Wildman–Crippen LogP) is 8.78. The number of nitrogens with one attached hydrogen (secondary N) is 4. The Bertz CT molecular complexity index is 3920. The second-order valence-corrected chi connectivity index (χ2v) is 26.9. The van der Waals surface area contributed by atoms with E-state index in [9.17, 15) is 19.6 Å². The molecule has 8 aromatic rings. The molecule has 2 aliphatic rings. The summed E-state index contributed by atoms with van der Waals surface area (Å²) in [5.41, 5.74) is -0.166. The number of aromatic nitrogens is 8. The Morgan fingerprint density at radius 2 is 1.36 bits per heavy atom. The maximum atomic E-state index is 18.1.